The molecule has 0 bridgehead atoms. The zero-order valence-corrected chi connectivity index (χ0v) is 18.8. The molecule has 0 spiro atoms. The quantitative estimate of drug-likeness (QED) is 0.424. The van der Waals surface area contributed by atoms with E-state index in [2.05, 4.69) is 5.32 Å². The second-order valence-electron chi connectivity index (χ2n) is 7.02. The Morgan fingerprint density at radius 3 is 2.03 bits per heavy atom. The third kappa shape index (κ3) is 5.03. The third-order valence-electron chi connectivity index (χ3n) is 5.04. The van der Waals surface area contributed by atoms with E-state index in [9.17, 15) is 9.59 Å². The first-order valence-corrected chi connectivity index (χ1v) is 10.3. The maximum Gasteiger partial charge on any atom is 0.278 e. The number of amides is 2. The number of hydrogen-bond acceptors (Lipinski definition) is 7. The van der Waals surface area contributed by atoms with Gasteiger partial charge in [0.1, 0.15) is 22.9 Å². The highest BCUT2D eigenvalue weighted by Gasteiger charge is 2.39. The fourth-order valence-electron chi connectivity index (χ4n) is 3.41. The van der Waals surface area contributed by atoms with E-state index in [1.807, 2.05) is 6.92 Å². The van der Waals surface area contributed by atoms with Crippen LogP contribution in [0.1, 0.15) is 18.9 Å². The van der Waals surface area contributed by atoms with Crippen LogP contribution in [0.15, 0.2) is 48.2 Å². The summed E-state index contributed by atoms with van der Waals surface area (Å²) < 4.78 is 21.2. The van der Waals surface area contributed by atoms with E-state index in [0.717, 1.165) is 0 Å². The average molecular weight is 440 g/mol. The molecule has 8 nitrogen and oxygen atoms in total. The smallest absolute Gasteiger partial charge is 0.278 e. The molecule has 1 aliphatic heterocycles. The Bertz CT molecular complexity index is 978. The first-order valence-electron chi connectivity index (χ1n) is 10.3. The number of imide groups is 1. The Hall–Kier alpha value is -3.52. The summed E-state index contributed by atoms with van der Waals surface area (Å²) in [7, 11) is 4.66. The molecule has 0 unspecified atom stereocenters. The fourth-order valence-corrected chi connectivity index (χ4v) is 3.41. The number of hydrogen-bond donors (Lipinski definition) is 1. The van der Waals surface area contributed by atoms with Gasteiger partial charge in [0.2, 0.25) is 0 Å². The summed E-state index contributed by atoms with van der Waals surface area (Å²) in [5.41, 5.74) is 1.69. The zero-order chi connectivity index (χ0) is 23.1. The average Bonchev–Trinajstić information content (AvgIpc) is 3.05. The summed E-state index contributed by atoms with van der Waals surface area (Å²) in [6, 6.07) is 12.2. The lowest BCUT2D eigenvalue weighted by Gasteiger charge is -2.15. The van der Waals surface area contributed by atoms with Crippen LogP contribution in [-0.4, -0.2) is 57.8 Å². The van der Waals surface area contributed by atoms with Crippen LogP contribution < -0.4 is 19.5 Å². The summed E-state index contributed by atoms with van der Waals surface area (Å²) in [6.45, 7) is 3.23. The maximum absolute atomic E-state index is 13.3. The molecule has 8 heteroatoms. The molecule has 170 valence electrons. The summed E-state index contributed by atoms with van der Waals surface area (Å²) >= 11 is 0. The van der Waals surface area contributed by atoms with Gasteiger partial charge in [0.15, 0.2) is 0 Å². The second-order valence-corrected chi connectivity index (χ2v) is 7.02. The van der Waals surface area contributed by atoms with Crippen molar-refractivity contribution < 1.29 is 28.5 Å². The van der Waals surface area contributed by atoms with E-state index in [1.165, 1.54) is 4.90 Å². The minimum Gasteiger partial charge on any atom is -0.497 e. The highest BCUT2D eigenvalue weighted by Crippen LogP contribution is 2.33. The van der Waals surface area contributed by atoms with E-state index in [0.29, 0.717) is 53.7 Å². The number of carbonyl (C=O) groups excluding carboxylic acids is 2. The molecule has 0 saturated carbocycles. The van der Waals surface area contributed by atoms with E-state index in [4.69, 9.17) is 18.9 Å². The first-order chi connectivity index (χ1) is 15.5. The van der Waals surface area contributed by atoms with Gasteiger partial charge >= 0.3 is 0 Å². The highest BCUT2D eigenvalue weighted by atomic mass is 16.5. The van der Waals surface area contributed by atoms with Crippen molar-refractivity contribution in [3.63, 3.8) is 0 Å². The summed E-state index contributed by atoms with van der Waals surface area (Å²) in [5.74, 6) is 1.03. The van der Waals surface area contributed by atoms with Gasteiger partial charge in [-0.05, 0) is 31.0 Å². The van der Waals surface area contributed by atoms with Gasteiger partial charge in [-0.25, -0.2) is 0 Å². The molecule has 0 fully saturated rings. The molecule has 1 aliphatic rings. The predicted octanol–water partition coefficient (Wildman–Crippen LogP) is 3.33. The van der Waals surface area contributed by atoms with E-state index < -0.39 is 0 Å². The number of nitrogens with one attached hydrogen (secondary N) is 1. The molecule has 1 heterocycles. The van der Waals surface area contributed by atoms with Crippen molar-refractivity contribution in [3.8, 4) is 17.2 Å². The topological polar surface area (TPSA) is 86.3 Å². The largest absolute Gasteiger partial charge is 0.497 e. The van der Waals surface area contributed by atoms with E-state index >= 15 is 0 Å². The van der Waals surface area contributed by atoms with Crippen LogP contribution in [0.2, 0.25) is 0 Å². The first kappa shape index (κ1) is 23.1. The highest BCUT2D eigenvalue weighted by molar-refractivity contribution is 6.36. The number of carbonyl (C=O) groups is 2. The Labute approximate surface area is 187 Å². The minimum atomic E-state index is -0.390. The molecule has 0 atom stereocenters. The molecule has 0 radical (unpaired) electrons. The molecular formula is C24H28N2O6. The molecule has 2 aromatic rings. The van der Waals surface area contributed by atoms with Crippen LogP contribution >= 0.6 is 0 Å². The number of rotatable bonds is 11. The maximum atomic E-state index is 13.3. The van der Waals surface area contributed by atoms with Crippen LogP contribution in [0.3, 0.4) is 0 Å². The Morgan fingerprint density at radius 2 is 1.47 bits per heavy atom. The standard InChI is InChI=1S/C24H28N2O6/c1-5-32-12-6-11-26-23(27)21(16-7-9-18(29-2)10-8-16)22(24(26)28)25-17-13-19(30-3)15-20(14-17)31-4/h7-10,13-15,25H,5-6,11-12H2,1-4H3. The van der Waals surface area contributed by atoms with Crippen molar-refractivity contribution in [1.29, 1.82) is 0 Å². The number of nitrogens with zero attached hydrogens (tertiary/aromatic N) is 1. The lowest BCUT2D eigenvalue weighted by molar-refractivity contribution is -0.137. The summed E-state index contributed by atoms with van der Waals surface area (Å²) in [5, 5.41) is 3.12. The molecule has 0 saturated heterocycles. The van der Waals surface area contributed by atoms with Crippen molar-refractivity contribution in [2.75, 3.05) is 46.4 Å². The lowest BCUT2D eigenvalue weighted by atomic mass is 10.0. The van der Waals surface area contributed by atoms with Crippen LogP contribution in [0.4, 0.5) is 5.69 Å². The van der Waals surface area contributed by atoms with Crippen molar-refractivity contribution in [2.45, 2.75) is 13.3 Å². The van der Waals surface area contributed by atoms with Gasteiger partial charge in [0.05, 0.1) is 26.9 Å². The molecule has 1 N–H and O–H groups in total. The monoisotopic (exact) mass is 440 g/mol. The molecular weight excluding hydrogens is 412 g/mol. The summed E-state index contributed by atoms with van der Waals surface area (Å²) in [6.07, 6.45) is 0.557. The number of anilines is 1. The molecule has 2 aromatic carbocycles. The van der Waals surface area contributed by atoms with Crippen LogP contribution in [0.25, 0.3) is 5.57 Å². The molecule has 2 amide bonds. The molecule has 32 heavy (non-hydrogen) atoms. The molecule has 3 rings (SSSR count). The molecule has 0 aliphatic carbocycles. The van der Waals surface area contributed by atoms with Crippen LogP contribution in [-0.2, 0) is 14.3 Å². The summed E-state index contributed by atoms with van der Waals surface area (Å²) in [4.78, 5) is 27.8. The van der Waals surface area contributed by atoms with Crippen molar-refractivity contribution in [3.05, 3.63) is 53.7 Å². The normalized spacial score (nSPS) is 13.6. The Morgan fingerprint density at radius 1 is 0.844 bits per heavy atom. The van der Waals surface area contributed by atoms with Gasteiger partial charge in [0, 0.05) is 43.6 Å². The van der Waals surface area contributed by atoms with Crippen molar-refractivity contribution >= 4 is 23.1 Å². The van der Waals surface area contributed by atoms with E-state index in [-0.39, 0.29) is 24.1 Å². The van der Waals surface area contributed by atoms with Gasteiger partial charge < -0.3 is 24.3 Å². The minimum absolute atomic E-state index is 0.201. The van der Waals surface area contributed by atoms with Crippen LogP contribution in [0, 0.1) is 0 Å². The van der Waals surface area contributed by atoms with Gasteiger partial charge in [-0.15, -0.1) is 0 Å². The predicted molar refractivity (Wildman–Crippen MR) is 121 cm³/mol. The fraction of sp³-hybridized carbons (Fsp3) is 0.333. The molecule has 0 aromatic heterocycles. The van der Waals surface area contributed by atoms with Gasteiger partial charge in [-0.2, -0.15) is 0 Å². The SMILES string of the molecule is CCOCCCN1C(=O)C(Nc2cc(OC)cc(OC)c2)=C(c2ccc(OC)cc2)C1=O. The van der Waals surface area contributed by atoms with Gasteiger partial charge in [-0.3, -0.25) is 14.5 Å². The zero-order valence-electron chi connectivity index (χ0n) is 18.8. The van der Waals surface area contributed by atoms with Crippen LogP contribution in [0.5, 0.6) is 17.2 Å². The van der Waals surface area contributed by atoms with Gasteiger partial charge in [-0.1, -0.05) is 12.1 Å². The lowest BCUT2D eigenvalue weighted by Crippen LogP contribution is -2.34. The Kier molecular flexibility index (Phi) is 7.72. The van der Waals surface area contributed by atoms with Crippen molar-refractivity contribution in [2.24, 2.45) is 0 Å². The van der Waals surface area contributed by atoms with Gasteiger partial charge in [0.25, 0.3) is 11.8 Å². The number of benzene rings is 2. The second kappa shape index (κ2) is 10.7. The Balaban J connectivity index is 1.98. The number of ether oxygens (including phenoxy) is 4. The van der Waals surface area contributed by atoms with Crippen molar-refractivity contribution in [1.82, 2.24) is 4.90 Å². The third-order valence-corrected chi connectivity index (χ3v) is 5.04. The van der Waals surface area contributed by atoms with E-state index in [1.54, 1.807) is 63.8 Å². The number of methoxy groups -OCH3 is 3.